The molecule has 0 radical (unpaired) electrons. The van der Waals surface area contributed by atoms with Crippen molar-refractivity contribution in [2.24, 2.45) is 5.73 Å². The minimum Gasteiger partial charge on any atom is -0.392 e. The van der Waals surface area contributed by atoms with Crippen LogP contribution < -0.4 is 10.6 Å². The van der Waals surface area contributed by atoms with Crippen LogP contribution >= 0.6 is 0 Å². The highest BCUT2D eigenvalue weighted by atomic mass is 16.3. The van der Waals surface area contributed by atoms with Crippen LogP contribution in [0.5, 0.6) is 0 Å². The Labute approximate surface area is 171 Å². The second-order valence-corrected chi connectivity index (χ2v) is 7.42. The molecule has 0 saturated carbocycles. The summed E-state index contributed by atoms with van der Waals surface area (Å²) in [6.07, 6.45) is 0.602. The Kier molecular flexibility index (Phi) is 6.51. The molecule has 2 aliphatic rings. The molecule has 2 unspecified atom stereocenters. The van der Waals surface area contributed by atoms with Crippen molar-refractivity contribution in [2.45, 2.75) is 25.5 Å². The molecule has 4 rings (SSSR count). The molecule has 154 valence electrons. The third kappa shape index (κ3) is 5.13. The van der Waals surface area contributed by atoms with Crippen LogP contribution in [0.3, 0.4) is 0 Å². The van der Waals surface area contributed by atoms with Crippen LogP contribution in [-0.4, -0.2) is 59.6 Å². The highest BCUT2D eigenvalue weighted by Crippen LogP contribution is 2.46. The van der Waals surface area contributed by atoms with Gasteiger partial charge in [0.15, 0.2) is 0 Å². The molecule has 2 aliphatic heterocycles. The predicted molar refractivity (Wildman–Crippen MR) is 113 cm³/mol. The van der Waals surface area contributed by atoms with E-state index in [0.29, 0.717) is 6.54 Å². The third-order valence-corrected chi connectivity index (χ3v) is 5.36. The van der Waals surface area contributed by atoms with Gasteiger partial charge in [0.05, 0.1) is 23.5 Å². The van der Waals surface area contributed by atoms with Gasteiger partial charge in [0.2, 0.25) is 5.91 Å². The monoisotopic (exact) mass is 396 g/mol. The highest BCUT2D eigenvalue weighted by molar-refractivity contribution is 6.14. The van der Waals surface area contributed by atoms with Crippen LogP contribution in [0.4, 0.5) is 16.2 Å². The largest absolute Gasteiger partial charge is 0.392 e. The molecule has 0 spiro atoms. The Bertz CT molecular complexity index is 835. The number of fused-ring (bicyclic) bond motifs is 1. The molecular weight excluding hydrogens is 368 g/mol. The number of nitrogens with two attached hydrogens (primary N) is 1. The number of urea groups is 1. The first kappa shape index (κ1) is 20.8. The van der Waals surface area contributed by atoms with Crippen LogP contribution in [0.2, 0.25) is 0 Å². The molecule has 0 aliphatic carbocycles. The van der Waals surface area contributed by atoms with E-state index in [-0.39, 0.29) is 18.1 Å². The average molecular weight is 396 g/mol. The zero-order chi connectivity index (χ0) is 21.0. The average Bonchev–Trinajstić information content (AvgIpc) is 3.32. The van der Waals surface area contributed by atoms with E-state index in [1.165, 1.54) is 4.90 Å². The Hall–Kier alpha value is -2.90. The quantitative estimate of drug-likeness (QED) is 0.777. The molecule has 2 aromatic rings. The van der Waals surface area contributed by atoms with Crippen molar-refractivity contribution < 1.29 is 14.7 Å². The number of nitrogens with zero attached hydrogens (tertiary/aromatic N) is 3. The number of likely N-dealkylation sites (N-methyl/N-ethyl adjacent to an activating group) is 1. The molecule has 7 heteroatoms. The van der Waals surface area contributed by atoms with Crippen LogP contribution in [-0.2, 0) is 4.79 Å². The Morgan fingerprint density at radius 1 is 1.14 bits per heavy atom. The fraction of sp³-hybridized carbons (Fsp3) is 0.364. The Morgan fingerprint density at radius 3 is 2.21 bits per heavy atom. The van der Waals surface area contributed by atoms with E-state index in [1.54, 1.807) is 11.8 Å². The molecule has 3 N–H and O–H groups in total. The van der Waals surface area contributed by atoms with Gasteiger partial charge in [-0.05, 0) is 24.1 Å². The van der Waals surface area contributed by atoms with Gasteiger partial charge >= 0.3 is 6.03 Å². The standard InChI is InChI=1S/C15H22N2O2.C7H6N2O/c1-12(18)16(2)15(13-6-4-3-5-7-13)11-17-9-8-14(19)10-17;8-7(10)9-5-3-1-2-4-6(5)9/h3-7,14-15,19H,8-11H2,1-2H3;1-4H,(H2,8,10). The number of rotatable bonds is 4. The first-order valence-electron chi connectivity index (χ1n) is 9.76. The maximum absolute atomic E-state index is 11.7. The number of hydrogen-bond donors (Lipinski definition) is 2. The number of carbonyl (C=O) groups is 2. The molecule has 3 amide bonds. The fourth-order valence-electron chi connectivity index (χ4n) is 3.61. The molecule has 1 saturated heterocycles. The summed E-state index contributed by atoms with van der Waals surface area (Å²) in [6, 6.07) is 17.2. The summed E-state index contributed by atoms with van der Waals surface area (Å²) in [5, 5.41) is 9.61. The number of β-amino-alcohol motifs (C(OH)–C–C–N with tert-alkyl or cyclic N) is 1. The van der Waals surface area contributed by atoms with Gasteiger partial charge in [-0.2, -0.15) is 0 Å². The molecule has 2 aromatic carbocycles. The zero-order valence-corrected chi connectivity index (χ0v) is 16.9. The van der Waals surface area contributed by atoms with Gasteiger partial charge in [0, 0.05) is 33.6 Å². The summed E-state index contributed by atoms with van der Waals surface area (Å²) in [4.78, 5) is 27.7. The molecule has 0 aromatic heterocycles. The number of amides is 3. The molecule has 29 heavy (non-hydrogen) atoms. The van der Waals surface area contributed by atoms with E-state index in [2.05, 4.69) is 17.0 Å². The number of aliphatic hydroxyl groups is 1. The van der Waals surface area contributed by atoms with Crippen molar-refractivity contribution in [3.05, 3.63) is 60.2 Å². The van der Waals surface area contributed by atoms with E-state index in [1.807, 2.05) is 49.5 Å². The van der Waals surface area contributed by atoms with Gasteiger partial charge in [-0.25, -0.2) is 4.79 Å². The molecule has 2 atom stereocenters. The van der Waals surface area contributed by atoms with Crippen molar-refractivity contribution in [1.82, 2.24) is 9.80 Å². The van der Waals surface area contributed by atoms with Gasteiger partial charge in [-0.3, -0.25) is 14.6 Å². The molecule has 1 fully saturated rings. The summed E-state index contributed by atoms with van der Waals surface area (Å²) >= 11 is 0. The minimum absolute atomic E-state index is 0.0454. The first-order chi connectivity index (χ1) is 13.9. The first-order valence-corrected chi connectivity index (χ1v) is 9.76. The number of hydrogen-bond acceptors (Lipinski definition) is 4. The number of benzene rings is 2. The lowest BCUT2D eigenvalue weighted by atomic mass is 10.1. The van der Waals surface area contributed by atoms with Crippen LogP contribution in [0.15, 0.2) is 54.6 Å². The second kappa shape index (κ2) is 9.07. The SMILES string of the molecule is CC(=O)N(C)C(CN1CCC(O)C1)c1ccccc1.NC(=O)N1c2ccccc21. The van der Waals surface area contributed by atoms with Crippen molar-refractivity contribution in [3.8, 4) is 0 Å². The molecule has 7 nitrogen and oxygen atoms in total. The normalized spacial score (nSPS) is 18.3. The van der Waals surface area contributed by atoms with Crippen molar-refractivity contribution in [1.29, 1.82) is 0 Å². The lowest BCUT2D eigenvalue weighted by molar-refractivity contribution is -0.130. The van der Waals surface area contributed by atoms with Crippen LogP contribution in [0.25, 0.3) is 0 Å². The number of carbonyl (C=O) groups excluding carboxylic acids is 2. The maximum Gasteiger partial charge on any atom is 0.324 e. The van der Waals surface area contributed by atoms with Crippen LogP contribution in [0.1, 0.15) is 24.9 Å². The number of para-hydroxylation sites is 2. The summed E-state index contributed by atoms with van der Waals surface area (Å²) in [5.74, 6) is 0.0635. The zero-order valence-electron chi connectivity index (χ0n) is 16.9. The Balaban J connectivity index is 0.000000200. The van der Waals surface area contributed by atoms with E-state index >= 15 is 0 Å². The van der Waals surface area contributed by atoms with Gasteiger partial charge < -0.3 is 15.7 Å². The van der Waals surface area contributed by atoms with Crippen molar-refractivity contribution in [2.75, 3.05) is 31.6 Å². The summed E-state index contributed by atoms with van der Waals surface area (Å²) in [5.41, 5.74) is 8.03. The summed E-state index contributed by atoms with van der Waals surface area (Å²) in [7, 11) is 1.84. The minimum atomic E-state index is -0.402. The lowest BCUT2D eigenvalue weighted by Gasteiger charge is -2.31. The molecule has 2 heterocycles. The van der Waals surface area contributed by atoms with E-state index in [0.717, 1.165) is 36.4 Å². The number of anilines is 2. The maximum atomic E-state index is 11.7. The molecule has 0 bridgehead atoms. The Morgan fingerprint density at radius 2 is 1.72 bits per heavy atom. The fourth-order valence-corrected chi connectivity index (χ4v) is 3.61. The second-order valence-electron chi connectivity index (χ2n) is 7.42. The third-order valence-electron chi connectivity index (χ3n) is 5.36. The van der Waals surface area contributed by atoms with Crippen LogP contribution in [0, 0.1) is 0 Å². The lowest BCUT2D eigenvalue weighted by Crippen LogP contribution is -2.38. The summed E-state index contributed by atoms with van der Waals surface area (Å²) in [6.45, 7) is 3.97. The van der Waals surface area contributed by atoms with E-state index < -0.39 is 6.03 Å². The van der Waals surface area contributed by atoms with Gasteiger partial charge in [0.25, 0.3) is 0 Å². The topological polar surface area (TPSA) is 89.9 Å². The number of primary amides is 1. The predicted octanol–water partition coefficient (Wildman–Crippen LogP) is 2.49. The number of aliphatic hydroxyl groups excluding tert-OH is 1. The van der Waals surface area contributed by atoms with Gasteiger partial charge in [-0.15, -0.1) is 0 Å². The number of likely N-dealkylation sites (tertiary alicyclic amines) is 1. The van der Waals surface area contributed by atoms with Gasteiger partial charge in [0.1, 0.15) is 0 Å². The smallest absolute Gasteiger partial charge is 0.324 e. The van der Waals surface area contributed by atoms with Crippen molar-refractivity contribution in [3.63, 3.8) is 0 Å². The van der Waals surface area contributed by atoms with E-state index in [4.69, 9.17) is 5.73 Å². The van der Waals surface area contributed by atoms with Crippen molar-refractivity contribution >= 4 is 23.3 Å². The van der Waals surface area contributed by atoms with E-state index in [9.17, 15) is 14.7 Å². The molecular formula is C22H28N4O3. The summed E-state index contributed by atoms with van der Waals surface area (Å²) < 4.78 is 0. The highest BCUT2D eigenvalue weighted by Gasteiger charge is 2.32. The van der Waals surface area contributed by atoms with Gasteiger partial charge in [-0.1, -0.05) is 42.5 Å².